The monoisotopic (exact) mass is 356 g/mol. The molecule has 0 radical (unpaired) electrons. The van der Waals surface area contributed by atoms with Crippen LogP contribution >= 0.6 is 0 Å². The van der Waals surface area contributed by atoms with Crippen molar-refractivity contribution >= 4 is 12.1 Å². The largest absolute Gasteiger partial charge is 0.444 e. The summed E-state index contributed by atoms with van der Waals surface area (Å²) in [4.78, 5) is 20.6. The molecule has 1 aliphatic heterocycles. The summed E-state index contributed by atoms with van der Waals surface area (Å²) in [6, 6.07) is 0.0460. The number of likely N-dealkylation sites (tertiary alicyclic amines) is 1. The Labute approximate surface area is 152 Å². The van der Waals surface area contributed by atoms with Gasteiger partial charge in [-0.1, -0.05) is 0 Å². The van der Waals surface area contributed by atoms with Crippen LogP contribution in [0.2, 0.25) is 0 Å². The smallest absolute Gasteiger partial charge is 0.410 e. The maximum Gasteiger partial charge on any atom is 0.410 e. The molecule has 0 saturated carbocycles. The van der Waals surface area contributed by atoms with Gasteiger partial charge < -0.3 is 25.0 Å². The van der Waals surface area contributed by atoms with Gasteiger partial charge in [0.25, 0.3) is 0 Å². The molecule has 0 spiro atoms. The highest BCUT2D eigenvalue weighted by molar-refractivity contribution is 5.80. The highest BCUT2D eigenvalue weighted by Gasteiger charge is 2.23. The fraction of sp³-hybridized carbons (Fsp3) is 0.889. The van der Waals surface area contributed by atoms with Gasteiger partial charge in [-0.15, -0.1) is 0 Å². The number of nitrogens with one attached hydrogen (secondary N) is 1. The predicted molar refractivity (Wildman–Crippen MR) is 101 cm³/mol. The van der Waals surface area contributed by atoms with Crippen molar-refractivity contribution in [2.75, 3.05) is 33.2 Å². The number of aliphatic hydroxyl groups excluding tert-OH is 1. The SMILES string of the molecule is CCNC(=NCCC(C)N(C)C(=O)OC(C)(C)C)N1CCC(O)CC1. The Bertz CT molecular complexity index is 440. The van der Waals surface area contributed by atoms with Crippen LogP contribution in [0.15, 0.2) is 4.99 Å². The van der Waals surface area contributed by atoms with Gasteiger partial charge >= 0.3 is 6.09 Å². The lowest BCUT2D eigenvalue weighted by atomic mass is 10.1. The van der Waals surface area contributed by atoms with E-state index < -0.39 is 5.60 Å². The Hall–Kier alpha value is -1.50. The van der Waals surface area contributed by atoms with Crippen molar-refractivity contribution in [3.05, 3.63) is 0 Å². The van der Waals surface area contributed by atoms with E-state index in [1.165, 1.54) is 0 Å². The summed E-state index contributed by atoms with van der Waals surface area (Å²) in [6.07, 6.45) is 1.83. The maximum absolute atomic E-state index is 12.1. The highest BCUT2D eigenvalue weighted by Crippen LogP contribution is 2.13. The number of ether oxygens (including phenoxy) is 1. The number of rotatable bonds is 5. The second-order valence-corrected chi connectivity index (χ2v) is 7.68. The van der Waals surface area contributed by atoms with Crippen LogP contribution in [0.4, 0.5) is 4.79 Å². The zero-order chi connectivity index (χ0) is 19.0. The molecule has 1 heterocycles. The Morgan fingerprint density at radius 1 is 1.40 bits per heavy atom. The summed E-state index contributed by atoms with van der Waals surface area (Å²) in [5.41, 5.74) is -0.486. The normalized spacial score (nSPS) is 18.0. The van der Waals surface area contributed by atoms with Crippen LogP contribution in [-0.2, 0) is 4.74 Å². The number of carbonyl (C=O) groups is 1. The lowest BCUT2D eigenvalue weighted by molar-refractivity contribution is 0.0231. The number of piperidine rings is 1. The molecule has 2 N–H and O–H groups in total. The van der Waals surface area contributed by atoms with E-state index in [-0.39, 0.29) is 18.2 Å². The lowest BCUT2D eigenvalue weighted by Crippen LogP contribution is -2.46. The van der Waals surface area contributed by atoms with Gasteiger partial charge in [0, 0.05) is 39.3 Å². The third-order valence-electron chi connectivity index (χ3n) is 4.25. The van der Waals surface area contributed by atoms with E-state index in [4.69, 9.17) is 4.74 Å². The molecule has 25 heavy (non-hydrogen) atoms. The molecule has 0 aromatic rings. The van der Waals surface area contributed by atoms with Gasteiger partial charge in [-0.3, -0.25) is 4.99 Å². The predicted octanol–water partition coefficient (Wildman–Crippen LogP) is 2.05. The number of aliphatic imine (C=N–C) groups is 1. The molecule has 1 aliphatic rings. The van der Waals surface area contributed by atoms with Gasteiger partial charge in [-0.05, 0) is 53.9 Å². The first-order valence-corrected chi connectivity index (χ1v) is 9.31. The van der Waals surface area contributed by atoms with Crippen molar-refractivity contribution in [3.63, 3.8) is 0 Å². The van der Waals surface area contributed by atoms with E-state index in [1.54, 1.807) is 11.9 Å². The molecule has 7 nitrogen and oxygen atoms in total. The molecular formula is C18H36N4O3. The topological polar surface area (TPSA) is 77.4 Å². The van der Waals surface area contributed by atoms with Gasteiger partial charge in [-0.2, -0.15) is 0 Å². The summed E-state index contributed by atoms with van der Waals surface area (Å²) in [7, 11) is 1.76. The van der Waals surface area contributed by atoms with Gasteiger partial charge in [0.05, 0.1) is 6.10 Å². The summed E-state index contributed by atoms with van der Waals surface area (Å²) in [5, 5.41) is 13.0. The quantitative estimate of drug-likeness (QED) is 0.582. The number of guanidine groups is 1. The molecule has 1 atom stereocenters. The fourth-order valence-corrected chi connectivity index (χ4v) is 2.57. The maximum atomic E-state index is 12.1. The second kappa shape index (κ2) is 9.85. The van der Waals surface area contributed by atoms with Crippen molar-refractivity contribution in [2.45, 2.75) is 71.6 Å². The average molecular weight is 357 g/mol. The van der Waals surface area contributed by atoms with Crippen LogP contribution in [-0.4, -0.2) is 77.9 Å². The Morgan fingerprint density at radius 3 is 2.52 bits per heavy atom. The molecule has 1 fully saturated rings. The second-order valence-electron chi connectivity index (χ2n) is 7.68. The molecule has 1 rings (SSSR count). The van der Waals surface area contributed by atoms with Crippen LogP contribution in [0.25, 0.3) is 0 Å². The molecule has 1 unspecified atom stereocenters. The zero-order valence-corrected chi connectivity index (χ0v) is 16.7. The van der Waals surface area contributed by atoms with Crippen LogP contribution in [0.5, 0.6) is 0 Å². The third-order valence-corrected chi connectivity index (χ3v) is 4.25. The summed E-state index contributed by atoms with van der Waals surface area (Å²) in [6.45, 7) is 12.7. The molecule has 0 aliphatic carbocycles. The van der Waals surface area contributed by atoms with Gasteiger partial charge in [0.1, 0.15) is 5.60 Å². The fourth-order valence-electron chi connectivity index (χ4n) is 2.57. The molecular weight excluding hydrogens is 320 g/mol. The number of aliphatic hydroxyl groups is 1. The van der Waals surface area contributed by atoms with E-state index >= 15 is 0 Å². The van der Waals surface area contributed by atoms with E-state index in [0.717, 1.165) is 44.9 Å². The molecule has 0 bridgehead atoms. The van der Waals surface area contributed by atoms with Gasteiger partial charge in [0.2, 0.25) is 0 Å². The standard InChI is InChI=1S/C18H36N4O3/c1-7-19-16(22-12-9-15(23)10-13-22)20-11-8-14(2)21(6)17(24)25-18(3,4)5/h14-15,23H,7-13H2,1-6H3,(H,19,20). The van der Waals surface area contributed by atoms with E-state index in [1.807, 2.05) is 34.6 Å². The van der Waals surface area contributed by atoms with Crippen LogP contribution in [0, 0.1) is 0 Å². The minimum absolute atomic E-state index is 0.0460. The van der Waals surface area contributed by atoms with E-state index in [2.05, 4.69) is 15.2 Å². The average Bonchev–Trinajstić information content (AvgIpc) is 2.52. The zero-order valence-electron chi connectivity index (χ0n) is 16.7. The number of hydrogen-bond donors (Lipinski definition) is 2. The molecule has 1 saturated heterocycles. The van der Waals surface area contributed by atoms with Crippen molar-refractivity contribution in [3.8, 4) is 0 Å². The first kappa shape index (κ1) is 21.5. The van der Waals surface area contributed by atoms with Crippen molar-refractivity contribution in [2.24, 2.45) is 4.99 Å². The van der Waals surface area contributed by atoms with Gasteiger partial charge in [0.15, 0.2) is 5.96 Å². The minimum atomic E-state index is -0.486. The van der Waals surface area contributed by atoms with Crippen molar-refractivity contribution in [1.29, 1.82) is 0 Å². The Morgan fingerprint density at radius 2 is 2.00 bits per heavy atom. The number of nitrogens with zero attached hydrogens (tertiary/aromatic N) is 3. The molecule has 0 aromatic heterocycles. The Kier molecular flexibility index (Phi) is 8.48. The molecule has 146 valence electrons. The lowest BCUT2D eigenvalue weighted by Gasteiger charge is -2.32. The first-order valence-electron chi connectivity index (χ1n) is 9.31. The van der Waals surface area contributed by atoms with E-state index in [0.29, 0.717) is 6.54 Å². The van der Waals surface area contributed by atoms with E-state index in [9.17, 15) is 9.90 Å². The number of amides is 1. The number of carbonyl (C=O) groups excluding carboxylic acids is 1. The van der Waals surface area contributed by atoms with Crippen molar-refractivity contribution < 1.29 is 14.6 Å². The number of hydrogen-bond acceptors (Lipinski definition) is 4. The van der Waals surface area contributed by atoms with Crippen LogP contribution in [0.3, 0.4) is 0 Å². The molecule has 7 heteroatoms. The Balaban J connectivity index is 2.52. The summed E-state index contributed by atoms with van der Waals surface area (Å²) < 4.78 is 5.40. The highest BCUT2D eigenvalue weighted by atomic mass is 16.6. The van der Waals surface area contributed by atoms with Gasteiger partial charge in [-0.25, -0.2) is 4.79 Å². The third kappa shape index (κ3) is 7.94. The van der Waals surface area contributed by atoms with Crippen LogP contribution in [0.1, 0.15) is 53.9 Å². The first-order chi connectivity index (χ1) is 11.6. The minimum Gasteiger partial charge on any atom is -0.444 e. The molecule has 0 aromatic carbocycles. The summed E-state index contributed by atoms with van der Waals surface area (Å²) >= 11 is 0. The summed E-state index contributed by atoms with van der Waals surface area (Å²) in [5.74, 6) is 0.890. The van der Waals surface area contributed by atoms with Crippen molar-refractivity contribution in [1.82, 2.24) is 15.1 Å². The van der Waals surface area contributed by atoms with Crippen LogP contribution < -0.4 is 5.32 Å². The molecule has 1 amide bonds.